The lowest BCUT2D eigenvalue weighted by atomic mass is 10.2. The third-order valence-electron chi connectivity index (χ3n) is 3.30. The Balaban J connectivity index is 2.03. The average molecular weight is 326 g/mol. The van der Waals surface area contributed by atoms with E-state index in [2.05, 4.69) is 15.3 Å². The third-order valence-corrected chi connectivity index (χ3v) is 4.64. The van der Waals surface area contributed by atoms with Gasteiger partial charge in [0.25, 0.3) is 0 Å². The zero-order chi connectivity index (χ0) is 15.0. The lowest BCUT2D eigenvalue weighted by molar-refractivity contribution is 0.0510. The molecule has 5 nitrogen and oxygen atoms in total. The van der Waals surface area contributed by atoms with Gasteiger partial charge in [0.05, 0.1) is 12.0 Å². The molecular weight excluding hydrogens is 310 g/mol. The Bertz CT molecular complexity index is 697. The lowest BCUT2D eigenvalue weighted by Gasteiger charge is -2.06. The second kappa shape index (κ2) is 5.77. The molecule has 1 saturated carbocycles. The van der Waals surface area contributed by atoms with Crippen LogP contribution in [0.2, 0.25) is 5.28 Å². The Morgan fingerprint density at radius 2 is 2.24 bits per heavy atom. The highest BCUT2D eigenvalue weighted by molar-refractivity contribution is 7.20. The number of thiophene rings is 1. The fraction of sp³-hybridized carbons (Fsp3) is 0.500. The van der Waals surface area contributed by atoms with Gasteiger partial charge in [-0.15, -0.1) is 11.3 Å². The number of aromatic nitrogens is 2. The first kappa shape index (κ1) is 14.5. The first-order valence-electron chi connectivity index (χ1n) is 7.00. The summed E-state index contributed by atoms with van der Waals surface area (Å²) in [7, 11) is 0. The molecule has 2 aromatic heterocycles. The highest BCUT2D eigenvalue weighted by atomic mass is 35.5. The quantitative estimate of drug-likeness (QED) is 0.669. The van der Waals surface area contributed by atoms with Crippen LogP contribution in [0.25, 0.3) is 10.2 Å². The molecule has 112 valence electrons. The van der Waals surface area contributed by atoms with Crippen molar-refractivity contribution < 1.29 is 9.53 Å². The Kier molecular flexibility index (Phi) is 3.99. The van der Waals surface area contributed by atoms with E-state index in [-0.39, 0.29) is 11.3 Å². The molecule has 0 unspecified atom stereocenters. The maximum Gasteiger partial charge on any atom is 0.348 e. The number of aryl methyl sites for hydroxylation is 1. The van der Waals surface area contributed by atoms with Gasteiger partial charge in [-0.25, -0.2) is 14.8 Å². The highest BCUT2D eigenvalue weighted by Gasteiger charge is 2.26. The molecule has 0 amide bonds. The number of anilines is 1. The van der Waals surface area contributed by atoms with Crippen molar-refractivity contribution in [1.82, 2.24) is 9.97 Å². The van der Waals surface area contributed by atoms with Crippen molar-refractivity contribution in [2.24, 2.45) is 0 Å². The molecule has 3 rings (SSSR count). The van der Waals surface area contributed by atoms with E-state index < -0.39 is 0 Å². The summed E-state index contributed by atoms with van der Waals surface area (Å²) in [5.41, 5.74) is 0.857. The molecule has 7 heteroatoms. The molecule has 0 radical (unpaired) electrons. The predicted molar refractivity (Wildman–Crippen MR) is 84.4 cm³/mol. The van der Waals surface area contributed by atoms with E-state index in [1.165, 1.54) is 11.3 Å². The molecule has 0 aromatic carbocycles. The van der Waals surface area contributed by atoms with Crippen LogP contribution in [0.15, 0.2) is 0 Å². The van der Waals surface area contributed by atoms with Crippen LogP contribution < -0.4 is 5.32 Å². The molecular formula is C14H16ClN3O2S. The Hall–Kier alpha value is -1.40. The molecule has 0 aliphatic heterocycles. The summed E-state index contributed by atoms with van der Waals surface area (Å²) in [5, 5.41) is 4.42. The van der Waals surface area contributed by atoms with Gasteiger partial charge in [0, 0.05) is 6.04 Å². The smallest absolute Gasteiger partial charge is 0.348 e. The van der Waals surface area contributed by atoms with Crippen molar-refractivity contribution in [2.45, 2.75) is 39.2 Å². The first-order chi connectivity index (χ1) is 10.1. The zero-order valence-corrected chi connectivity index (χ0v) is 13.5. The largest absolute Gasteiger partial charge is 0.462 e. The van der Waals surface area contributed by atoms with Crippen molar-refractivity contribution >= 4 is 44.9 Å². The van der Waals surface area contributed by atoms with Crippen molar-refractivity contribution in [3.8, 4) is 0 Å². The topological polar surface area (TPSA) is 64.1 Å². The number of nitrogens with zero attached hydrogens (tertiary/aromatic N) is 2. The Morgan fingerprint density at radius 3 is 2.90 bits per heavy atom. The van der Waals surface area contributed by atoms with Crippen LogP contribution >= 0.6 is 22.9 Å². The van der Waals surface area contributed by atoms with E-state index in [9.17, 15) is 4.79 Å². The number of hydrogen-bond acceptors (Lipinski definition) is 6. The summed E-state index contributed by atoms with van der Waals surface area (Å²) < 4.78 is 5.22. The number of carbonyl (C=O) groups is 1. The van der Waals surface area contributed by atoms with Gasteiger partial charge in [-0.2, -0.15) is 0 Å². The zero-order valence-electron chi connectivity index (χ0n) is 11.9. The normalized spacial score (nSPS) is 14.4. The molecule has 2 heterocycles. The predicted octanol–water partition coefficient (Wildman–Crippen LogP) is 3.79. The van der Waals surface area contributed by atoms with Crippen molar-refractivity contribution in [2.75, 3.05) is 11.9 Å². The van der Waals surface area contributed by atoms with Gasteiger partial charge in [0.1, 0.15) is 15.5 Å². The molecule has 2 aromatic rings. The van der Waals surface area contributed by atoms with E-state index in [4.69, 9.17) is 16.3 Å². The van der Waals surface area contributed by atoms with E-state index in [1.807, 2.05) is 13.8 Å². The van der Waals surface area contributed by atoms with Gasteiger partial charge in [0.15, 0.2) is 0 Å². The van der Waals surface area contributed by atoms with Crippen LogP contribution in [-0.2, 0) is 4.74 Å². The number of rotatable bonds is 5. The number of nitrogens with one attached hydrogen (secondary N) is 1. The molecule has 1 fully saturated rings. The van der Waals surface area contributed by atoms with Crippen LogP contribution in [0.5, 0.6) is 0 Å². The molecule has 1 aliphatic rings. The van der Waals surface area contributed by atoms with Crippen LogP contribution in [-0.4, -0.2) is 28.6 Å². The summed E-state index contributed by atoms with van der Waals surface area (Å²) in [6.07, 6.45) is 3.07. The number of carbonyl (C=O) groups excluding carboxylic acids is 1. The van der Waals surface area contributed by atoms with Gasteiger partial charge < -0.3 is 10.1 Å². The van der Waals surface area contributed by atoms with Crippen LogP contribution in [0.4, 0.5) is 5.82 Å². The standard InChI is InChI=1S/C14H16ClN3O2S/c1-3-6-20-13(19)10-7(2)9-11(16-8-4-5-8)17-14(15)18-12(9)21-10/h8H,3-6H2,1-2H3,(H,16,17,18). The van der Waals surface area contributed by atoms with Crippen LogP contribution in [0.1, 0.15) is 41.4 Å². The highest BCUT2D eigenvalue weighted by Crippen LogP contribution is 2.37. The summed E-state index contributed by atoms with van der Waals surface area (Å²) in [4.78, 5) is 21.9. The summed E-state index contributed by atoms with van der Waals surface area (Å²) in [6.45, 7) is 4.29. The van der Waals surface area contributed by atoms with Crippen molar-refractivity contribution in [3.05, 3.63) is 15.7 Å². The minimum Gasteiger partial charge on any atom is -0.462 e. The maximum atomic E-state index is 12.1. The van der Waals surface area contributed by atoms with Crippen molar-refractivity contribution in [3.63, 3.8) is 0 Å². The van der Waals surface area contributed by atoms with Gasteiger partial charge in [-0.1, -0.05) is 6.92 Å². The number of halogens is 1. The number of ether oxygens (including phenoxy) is 1. The van der Waals surface area contributed by atoms with Gasteiger partial charge >= 0.3 is 5.97 Å². The van der Waals surface area contributed by atoms with Crippen LogP contribution in [0, 0.1) is 6.92 Å². The summed E-state index contributed by atoms with van der Waals surface area (Å²) in [6, 6.07) is 0.453. The Labute approximate surface area is 131 Å². The molecule has 1 N–H and O–H groups in total. The van der Waals surface area contributed by atoms with Crippen LogP contribution in [0.3, 0.4) is 0 Å². The fourth-order valence-corrected chi connectivity index (χ4v) is 3.39. The van der Waals surface area contributed by atoms with Crippen molar-refractivity contribution in [1.29, 1.82) is 0 Å². The van der Waals surface area contributed by atoms with E-state index in [0.29, 0.717) is 17.5 Å². The lowest BCUT2D eigenvalue weighted by Crippen LogP contribution is -2.06. The second-order valence-electron chi connectivity index (χ2n) is 5.13. The molecule has 0 saturated heterocycles. The van der Waals surface area contributed by atoms with E-state index in [0.717, 1.165) is 40.9 Å². The van der Waals surface area contributed by atoms with Gasteiger partial charge in [-0.3, -0.25) is 0 Å². The Morgan fingerprint density at radius 1 is 1.48 bits per heavy atom. The SMILES string of the molecule is CCCOC(=O)c1sc2nc(Cl)nc(NC3CC3)c2c1C. The molecule has 0 spiro atoms. The second-order valence-corrected chi connectivity index (χ2v) is 6.47. The molecule has 0 bridgehead atoms. The minimum atomic E-state index is -0.300. The maximum absolute atomic E-state index is 12.1. The van der Waals surface area contributed by atoms with E-state index >= 15 is 0 Å². The average Bonchev–Trinajstić information content (AvgIpc) is 3.19. The minimum absolute atomic E-state index is 0.195. The monoisotopic (exact) mass is 325 g/mol. The number of hydrogen-bond donors (Lipinski definition) is 1. The van der Waals surface area contributed by atoms with E-state index in [1.54, 1.807) is 0 Å². The molecule has 0 atom stereocenters. The molecule has 1 aliphatic carbocycles. The fourth-order valence-electron chi connectivity index (χ4n) is 2.09. The number of fused-ring (bicyclic) bond motifs is 1. The molecule has 21 heavy (non-hydrogen) atoms. The summed E-state index contributed by atoms with van der Waals surface area (Å²) >= 11 is 7.29. The van der Waals surface area contributed by atoms with Gasteiger partial charge in [-0.05, 0) is 43.4 Å². The number of esters is 1. The third kappa shape index (κ3) is 2.96. The summed E-state index contributed by atoms with van der Waals surface area (Å²) in [5.74, 6) is 0.418. The first-order valence-corrected chi connectivity index (χ1v) is 8.20. The van der Waals surface area contributed by atoms with Gasteiger partial charge in [0.2, 0.25) is 5.28 Å².